The Kier molecular flexibility index (Phi) is 2.29. The maximum atomic E-state index is 7.85. The molecule has 0 unspecified atom stereocenters. The van der Waals surface area contributed by atoms with Crippen molar-refractivity contribution in [1.82, 2.24) is 19.5 Å². The smallest absolute Gasteiger partial charge is 0.244 e. The fraction of sp³-hybridized carbons (Fsp3) is 0.143. The number of hydrogen-bond acceptors (Lipinski definition) is 5. The van der Waals surface area contributed by atoms with E-state index in [9.17, 15) is 0 Å². The summed E-state index contributed by atoms with van der Waals surface area (Å²) in [6, 6.07) is 7.85. The van der Waals surface area contributed by atoms with Crippen LogP contribution in [0.15, 0.2) is 36.7 Å². The lowest BCUT2D eigenvalue weighted by molar-refractivity contribution is 0.777. The molecule has 4 rings (SSSR count). The lowest BCUT2D eigenvalue weighted by Crippen LogP contribution is -2.18. The second-order valence-corrected chi connectivity index (χ2v) is 4.67. The van der Waals surface area contributed by atoms with Gasteiger partial charge < -0.3 is 9.88 Å². The predicted molar refractivity (Wildman–Crippen MR) is 74.2 cm³/mol. The molecule has 1 aromatic heterocycles. The van der Waals surface area contributed by atoms with Gasteiger partial charge in [-0.3, -0.25) is 10.4 Å². The summed E-state index contributed by atoms with van der Waals surface area (Å²) in [6.07, 6.45) is 3.49. The molecule has 6 heteroatoms. The molecule has 0 saturated carbocycles. The highest BCUT2D eigenvalue weighted by molar-refractivity contribution is 5.78. The fourth-order valence-electron chi connectivity index (χ4n) is 2.58. The van der Waals surface area contributed by atoms with E-state index in [4.69, 9.17) is 5.41 Å². The molecule has 98 valence electrons. The Labute approximate surface area is 115 Å². The number of nitrogens with one attached hydrogen (secondary N) is 2. The van der Waals surface area contributed by atoms with Crippen molar-refractivity contribution in [2.75, 3.05) is 11.9 Å². The molecule has 3 aliphatic rings. The zero-order valence-corrected chi connectivity index (χ0v) is 10.7. The summed E-state index contributed by atoms with van der Waals surface area (Å²) in [7, 11) is 0. The van der Waals surface area contributed by atoms with Crippen LogP contribution in [-0.2, 0) is 6.54 Å². The van der Waals surface area contributed by atoms with Crippen molar-refractivity contribution in [1.29, 1.82) is 5.41 Å². The van der Waals surface area contributed by atoms with Crippen LogP contribution >= 0.6 is 0 Å². The first-order chi connectivity index (χ1) is 9.83. The van der Waals surface area contributed by atoms with Crippen LogP contribution < -0.4 is 10.9 Å². The molecular formula is C14H12N6. The molecule has 6 nitrogen and oxygen atoms in total. The third kappa shape index (κ3) is 1.58. The Morgan fingerprint density at radius 2 is 2.15 bits per heavy atom. The number of rotatable bonds is 1. The zero-order valence-electron chi connectivity index (χ0n) is 10.7. The number of fused-ring (bicyclic) bond motifs is 3. The number of hydrogen-bond donors (Lipinski definition) is 2. The first kappa shape index (κ1) is 11.1. The number of anilines is 1. The van der Waals surface area contributed by atoms with E-state index in [-0.39, 0.29) is 5.62 Å². The molecule has 20 heavy (non-hydrogen) atoms. The first-order valence-corrected chi connectivity index (χ1v) is 6.43. The molecule has 0 bridgehead atoms. The molecule has 0 aliphatic carbocycles. The second-order valence-electron chi connectivity index (χ2n) is 4.67. The lowest BCUT2D eigenvalue weighted by atomic mass is 10.1. The highest BCUT2D eigenvalue weighted by Crippen LogP contribution is 2.32. The Hall–Kier alpha value is -2.76. The Morgan fingerprint density at radius 3 is 3.00 bits per heavy atom. The van der Waals surface area contributed by atoms with Crippen LogP contribution in [0.1, 0.15) is 0 Å². The Balaban J connectivity index is 2.05. The minimum absolute atomic E-state index is 0.0316. The molecule has 0 aromatic carbocycles. The topological polar surface area (TPSA) is 79.5 Å². The van der Waals surface area contributed by atoms with E-state index in [0.29, 0.717) is 0 Å². The van der Waals surface area contributed by atoms with Crippen LogP contribution in [0.3, 0.4) is 0 Å². The summed E-state index contributed by atoms with van der Waals surface area (Å²) in [5.74, 6) is 1.83. The third-order valence-corrected chi connectivity index (χ3v) is 3.46. The molecule has 1 aromatic rings. The van der Waals surface area contributed by atoms with Gasteiger partial charge in [0.25, 0.3) is 0 Å². The fourth-order valence-corrected chi connectivity index (χ4v) is 2.58. The van der Waals surface area contributed by atoms with E-state index in [1.807, 2.05) is 24.3 Å². The molecule has 0 saturated heterocycles. The maximum absolute atomic E-state index is 7.85. The number of aromatic nitrogens is 4. The molecule has 3 aliphatic heterocycles. The van der Waals surface area contributed by atoms with E-state index < -0.39 is 0 Å². The van der Waals surface area contributed by atoms with Crippen LogP contribution in [0.4, 0.5) is 5.82 Å². The van der Waals surface area contributed by atoms with E-state index in [2.05, 4.69) is 24.8 Å². The molecule has 4 heterocycles. The highest BCUT2D eigenvalue weighted by atomic mass is 15.2. The average molecular weight is 264 g/mol. The van der Waals surface area contributed by atoms with Gasteiger partial charge >= 0.3 is 0 Å². The molecular weight excluding hydrogens is 252 g/mol. The molecule has 0 radical (unpaired) electrons. The van der Waals surface area contributed by atoms with E-state index in [1.54, 1.807) is 12.4 Å². The molecule has 0 spiro atoms. The summed E-state index contributed by atoms with van der Waals surface area (Å²) >= 11 is 0. The van der Waals surface area contributed by atoms with Gasteiger partial charge in [-0.15, -0.1) is 0 Å². The molecule has 2 N–H and O–H groups in total. The number of pyridine rings is 2. The average Bonchev–Trinajstić information content (AvgIpc) is 2.96. The van der Waals surface area contributed by atoms with E-state index in [0.717, 1.165) is 41.6 Å². The second kappa shape index (κ2) is 4.12. The molecule has 0 atom stereocenters. The van der Waals surface area contributed by atoms with Crippen LogP contribution in [0.5, 0.6) is 0 Å². The highest BCUT2D eigenvalue weighted by Gasteiger charge is 2.20. The van der Waals surface area contributed by atoms with Gasteiger partial charge in [0.2, 0.25) is 5.62 Å². The Morgan fingerprint density at radius 1 is 1.20 bits per heavy atom. The summed E-state index contributed by atoms with van der Waals surface area (Å²) in [5.41, 5.74) is 2.64. The van der Waals surface area contributed by atoms with Gasteiger partial charge in [0, 0.05) is 36.6 Å². The van der Waals surface area contributed by atoms with Gasteiger partial charge in [-0.05, 0) is 24.3 Å². The molecule has 0 amide bonds. The van der Waals surface area contributed by atoms with Gasteiger partial charge in [-0.2, -0.15) is 4.98 Å². The standard InChI is InChI=1S/C14H12N6/c15-14-18-12(9-2-1-5-16-8-9)10-3-4-11-17-6-7-20(11)13(10)19-14/h1-5,8,15,17H,6-7H2. The van der Waals surface area contributed by atoms with E-state index in [1.165, 1.54) is 0 Å². The monoisotopic (exact) mass is 264 g/mol. The zero-order chi connectivity index (χ0) is 13.5. The van der Waals surface area contributed by atoms with Crippen molar-refractivity contribution < 1.29 is 0 Å². The van der Waals surface area contributed by atoms with Crippen molar-refractivity contribution in [2.24, 2.45) is 0 Å². The quantitative estimate of drug-likeness (QED) is 0.695. The van der Waals surface area contributed by atoms with Crippen LogP contribution in [-0.4, -0.2) is 26.1 Å². The normalized spacial score (nSPS) is 13.2. The van der Waals surface area contributed by atoms with Gasteiger partial charge in [-0.1, -0.05) is 0 Å². The molecule has 0 fully saturated rings. The largest absolute Gasteiger partial charge is 0.370 e. The minimum Gasteiger partial charge on any atom is -0.370 e. The van der Waals surface area contributed by atoms with Crippen LogP contribution in [0.2, 0.25) is 0 Å². The van der Waals surface area contributed by atoms with E-state index >= 15 is 0 Å². The summed E-state index contributed by atoms with van der Waals surface area (Å²) in [4.78, 5) is 12.7. The summed E-state index contributed by atoms with van der Waals surface area (Å²) in [5, 5.41) is 11.2. The predicted octanol–water partition coefficient (Wildman–Crippen LogP) is 1.35. The van der Waals surface area contributed by atoms with Crippen molar-refractivity contribution in [3.63, 3.8) is 0 Å². The number of nitrogens with zero attached hydrogens (tertiary/aromatic N) is 4. The van der Waals surface area contributed by atoms with Crippen LogP contribution in [0.25, 0.3) is 22.6 Å². The Bertz CT molecular complexity index is 808. The summed E-state index contributed by atoms with van der Waals surface area (Å²) in [6.45, 7) is 1.74. The third-order valence-electron chi connectivity index (χ3n) is 3.46. The van der Waals surface area contributed by atoms with Crippen molar-refractivity contribution in [2.45, 2.75) is 6.54 Å². The van der Waals surface area contributed by atoms with Gasteiger partial charge in [0.1, 0.15) is 11.6 Å². The van der Waals surface area contributed by atoms with Crippen molar-refractivity contribution in [3.8, 4) is 22.6 Å². The first-order valence-electron chi connectivity index (χ1n) is 6.43. The lowest BCUT2D eigenvalue weighted by Gasteiger charge is -2.15. The van der Waals surface area contributed by atoms with Crippen molar-refractivity contribution >= 4 is 5.82 Å². The van der Waals surface area contributed by atoms with Crippen LogP contribution in [0, 0.1) is 5.41 Å². The van der Waals surface area contributed by atoms with Gasteiger partial charge in [0.05, 0.1) is 5.69 Å². The summed E-state index contributed by atoms with van der Waals surface area (Å²) < 4.78 is 2.09. The maximum Gasteiger partial charge on any atom is 0.244 e. The minimum atomic E-state index is 0.0316. The van der Waals surface area contributed by atoms with Crippen molar-refractivity contribution in [3.05, 3.63) is 42.3 Å². The SMILES string of the molecule is N=c1nc(-c2cccnc2)c2ccc3n(c-2n1)CCN3. The van der Waals surface area contributed by atoms with Gasteiger partial charge in [0.15, 0.2) is 0 Å². The van der Waals surface area contributed by atoms with Gasteiger partial charge in [-0.25, -0.2) is 4.98 Å².